The van der Waals surface area contributed by atoms with Crippen molar-refractivity contribution in [2.75, 3.05) is 17.7 Å². The van der Waals surface area contributed by atoms with Gasteiger partial charge in [0.05, 0.1) is 25.1 Å². The average Bonchev–Trinajstić information content (AvgIpc) is 3.69. The quantitative estimate of drug-likeness (QED) is 0.150. The Bertz CT molecular complexity index is 1420. The number of aromatic nitrogens is 4. The number of nitrogen functional groups attached to an aromatic ring is 1. The molecule has 2 heterocycles. The molecule has 0 radical (unpaired) electrons. The molecular formula is C28H38N7O5P. The third-order valence-electron chi connectivity index (χ3n) is 7.13. The molecule has 41 heavy (non-hydrogen) atoms. The van der Waals surface area contributed by atoms with Crippen molar-refractivity contribution < 1.29 is 23.1 Å². The molecule has 220 valence electrons. The summed E-state index contributed by atoms with van der Waals surface area (Å²) in [5.41, 5.74) is 7.42. The standard InChI is InChI=1S/C28H38N7O5P/c1-18(2)39-27(36)19(3)34-41(37,40-23-11-5-4-6-12-23)38-16-20-13-14-22(15-20)35-17-30-24-25(31-21-9-7-8-10-21)32-28(29)33-26(24)35/h4-6,11-14,17-22H,7-10,15-16H2,1-3H3,(H,34,37)(H3,29,31,32,33)/t19-,20+,22-,41-/m0/s1. The summed E-state index contributed by atoms with van der Waals surface area (Å²) in [6, 6.07) is 8.11. The number of rotatable bonds is 12. The van der Waals surface area contributed by atoms with E-state index in [1.54, 1.807) is 51.4 Å². The largest absolute Gasteiger partial charge is 0.462 e. The van der Waals surface area contributed by atoms with Crippen molar-refractivity contribution in [3.63, 3.8) is 0 Å². The highest BCUT2D eigenvalue weighted by Crippen LogP contribution is 2.46. The Labute approximate surface area is 239 Å². The molecule has 13 heteroatoms. The van der Waals surface area contributed by atoms with Crippen molar-refractivity contribution in [3.05, 3.63) is 48.8 Å². The Morgan fingerprint density at radius 2 is 1.90 bits per heavy atom. The summed E-state index contributed by atoms with van der Waals surface area (Å²) < 4.78 is 32.7. The summed E-state index contributed by atoms with van der Waals surface area (Å²) in [6.45, 7) is 5.17. The van der Waals surface area contributed by atoms with E-state index in [0.717, 1.165) is 12.8 Å². The number of carbonyl (C=O) groups is 1. The number of imidazole rings is 1. The minimum Gasteiger partial charge on any atom is -0.462 e. The third-order valence-corrected chi connectivity index (χ3v) is 8.77. The lowest BCUT2D eigenvalue weighted by molar-refractivity contribution is -0.149. The van der Waals surface area contributed by atoms with E-state index in [1.165, 1.54) is 12.8 Å². The van der Waals surface area contributed by atoms with Gasteiger partial charge in [0, 0.05) is 12.0 Å². The number of hydrogen-bond donors (Lipinski definition) is 3. The second-order valence-electron chi connectivity index (χ2n) is 10.9. The van der Waals surface area contributed by atoms with Crippen molar-refractivity contribution in [2.24, 2.45) is 5.92 Å². The molecule has 1 aromatic carbocycles. The summed E-state index contributed by atoms with van der Waals surface area (Å²) in [6.07, 6.45) is 10.8. The molecule has 0 unspecified atom stereocenters. The second kappa shape index (κ2) is 12.6. The highest BCUT2D eigenvalue weighted by molar-refractivity contribution is 7.52. The van der Waals surface area contributed by atoms with Crippen LogP contribution in [0.4, 0.5) is 11.8 Å². The summed E-state index contributed by atoms with van der Waals surface area (Å²) in [5, 5.41) is 6.23. The number of esters is 1. The summed E-state index contributed by atoms with van der Waals surface area (Å²) in [5.74, 6) is 0.597. The highest BCUT2D eigenvalue weighted by Gasteiger charge is 2.34. The van der Waals surface area contributed by atoms with Crippen LogP contribution in [0, 0.1) is 5.92 Å². The zero-order chi connectivity index (χ0) is 29.0. The van der Waals surface area contributed by atoms with Crippen LogP contribution in [0.1, 0.15) is 58.9 Å². The van der Waals surface area contributed by atoms with Crippen LogP contribution < -0.4 is 20.7 Å². The van der Waals surface area contributed by atoms with E-state index in [9.17, 15) is 9.36 Å². The fourth-order valence-electron chi connectivity index (χ4n) is 5.15. The van der Waals surface area contributed by atoms with Crippen molar-refractivity contribution in [2.45, 2.75) is 77.1 Å². The van der Waals surface area contributed by atoms with Gasteiger partial charge in [-0.05, 0) is 52.2 Å². The molecule has 12 nitrogen and oxygen atoms in total. The smallest absolute Gasteiger partial charge is 0.459 e. The predicted octanol–water partition coefficient (Wildman–Crippen LogP) is 5.01. The Hall–Kier alpha value is -3.47. The number of nitrogens with two attached hydrogens (primary N) is 1. The Kier molecular flexibility index (Phi) is 8.91. The number of allylic oxidation sites excluding steroid dienone is 1. The Morgan fingerprint density at radius 1 is 1.15 bits per heavy atom. The van der Waals surface area contributed by atoms with E-state index in [2.05, 4.69) is 31.4 Å². The maximum absolute atomic E-state index is 13.8. The first-order chi connectivity index (χ1) is 19.7. The molecule has 2 aromatic heterocycles. The first-order valence-electron chi connectivity index (χ1n) is 14.1. The molecular weight excluding hydrogens is 545 g/mol. The van der Waals surface area contributed by atoms with Crippen molar-refractivity contribution in [3.8, 4) is 5.75 Å². The number of para-hydroxylation sites is 1. The molecule has 1 fully saturated rings. The minimum atomic E-state index is -3.94. The van der Waals surface area contributed by atoms with Gasteiger partial charge in [-0.2, -0.15) is 15.1 Å². The van der Waals surface area contributed by atoms with E-state index in [0.29, 0.717) is 35.2 Å². The van der Waals surface area contributed by atoms with E-state index >= 15 is 0 Å². The van der Waals surface area contributed by atoms with Crippen LogP contribution in [0.5, 0.6) is 5.75 Å². The van der Waals surface area contributed by atoms with E-state index in [4.69, 9.17) is 19.5 Å². The molecule has 5 rings (SSSR count). The average molecular weight is 584 g/mol. The molecule has 2 aliphatic rings. The molecule has 4 N–H and O–H groups in total. The molecule has 0 saturated heterocycles. The van der Waals surface area contributed by atoms with Gasteiger partial charge in [-0.25, -0.2) is 9.55 Å². The molecule has 2 aliphatic carbocycles. The van der Waals surface area contributed by atoms with E-state index in [1.807, 2.05) is 16.7 Å². The Morgan fingerprint density at radius 3 is 2.63 bits per heavy atom. The lowest BCUT2D eigenvalue weighted by atomic mass is 10.1. The lowest BCUT2D eigenvalue weighted by Gasteiger charge is -2.24. The van der Waals surface area contributed by atoms with Crippen LogP contribution in [0.15, 0.2) is 48.8 Å². The maximum atomic E-state index is 13.8. The number of ether oxygens (including phenoxy) is 1. The van der Waals surface area contributed by atoms with Gasteiger partial charge >= 0.3 is 13.7 Å². The third kappa shape index (κ3) is 7.25. The second-order valence-corrected chi connectivity index (χ2v) is 12.6. The van der Waals surface area contributed by atoms with Gasteiger partial charge in [-0.15, -0.1) is 0 Å². The first kappa shape index (κ1) is 29.0. The number of carbonyl (C=O) groups excluding carboxylic acids is 1. The normalized spacial score (nSPS) is 21.3. The van der Waals surface area contributed by atoms with Gasteiger partial charge in [-0.3, -0.25) is 9.32 Å². The van der Waals surface area contributed by atoms with Gasteiger partial charge in [0.15, 0.2) is 17.0 Å². The number of nitrogens with zero attached hydrogens (tertiary/aromatic N) is 4. The summed E-state index contributed by atoms with van der Waals surface area (Å²) in [7, 11) is -3.94. The maximum Gasteiger partial charge on any atom is 0.459 e. The van der Waals surface area contributed by atoms with Crippen molar-refractivity contribution in [1.29, 1.82) is 0 Å². The fraction of sp³-hybridized carbons (Fsp3) is 0.500. The highest BCUT2D eigenvalue weighted by atomic mass is 31.2. The van der Waals surface area contributed by atoms with Crippen LogP contribution in [0.25, 0.3) is 11.2 Å². The lowest BCUT2D eigenvalue weighted by Crippen LogP contribution is -2.36. The summed E-state index contributed by atoms with van der Waals surface area (Å²) >= 11 is 0. The topological polar surface area (TPSA) is 156 Å². The SMILES string of the molecule is CC(C)OC(=O)[C@H](C)N[P@](=O)(OC[C@@H]1C=C[C@H](n2cnc3c(NC4CCCC4)nc(N)nc32)C1)Oc1ccccc1. The van der Waals surface area contributed by atoms with E-state index in [-0.39, 0.29) is 30.6 Å². The van der Waals surface area contributed by atoms with Crippen LogP contribution in [0.3, 0.4) is 0 Å². The molecule has 0 aliphatic heterocycles. The van der Waals surface area contributed by atoms with Crippen molar-refractivity contribution >= 4 is 36.6 Å². The van der Waals surface area contributed by atoms with E-state index < -0.39 is 19.8 Å². The number of fused-ring (bicyclic) bond motifs is 1. The molecule has 3 aromatic rings. The number of anilines is 2. The van der Waals surface area contributed by atoms with Crippen LogP contribution >= 0.6 is 7.75 Å². The number of hydrogen-bond acceptors (Lipinski definition) is 10. The van der Waals surface area contributed by atoms with Crippen LogP contribution in [-0.4, -0.2) is 50.3 Å². The zero-order valence-electron chi connectivity index (χ0n) is 23.6. The first-order valence-corrected chi connectivity index (χ1v) is 15.7. The summed E-state index contributed by atoms with van der Waals surface area (Å²) in [4.78, 5) is 25.9. The molecule has 0 bridgehead atoms. The molecule has 0 amide bonds. The molecule has 0 spiro atoms. The van der Waals surface area contributed by atoms with Gasteiger partial charge < -0.3 is 24.9 Å². The van der Waals surface area contributed by atoms with Gasteiger partial charge in [0.1, 0.15) is 11.8 Å². The molecule has 1 saturated carbocycles. The predicted molar refractivity (Wildman–Crippen MR) is 156 cm³/mol. The molecule has 4 atom stereocenters. The van der Waals surface area contributed by atoms with Crippen LogP contribution in [-0.2, 0) is 18.6 Å². The monoisotopic (exact) mass is 583 g/mol. The zero-order valence-corrected chi connectivity index (χ0v) is 24.5. The fourth-order valence-corrected chi connectivity index (χ4v) is 6.70. The van der Waals surface area contributed by atoms with Crippen LogP contribution in [0.2, 0.25) is 0 Å². The number of benzene rings is 1. The number of nitrogens with one attached hydrogen (secondary N) is 2. The Balaban J connectivity index is 1.26. The van der Waals surface area contributed by atoms with Gasteiger partial charge in [0.2, 0.25) is 5.95 Å². The minimum absolute atomic E-state index is 0.0513. The van der Waals surface area contributed by atoms with Crippen molar-refractivity contribution in [1.82, 2.24) is 24.6 Å². The van der Waals surface area contributed by atoms with Gasteiger partial charge in [0.25, 0.3) is 0 Å². The van der Waals surface area contributed by atoms with Gasteiger partial charge in [-0.1, -0.05) is 43.2 Å².